The predicted octanol–water partition coefficient (Wildman–Crippen LogP) is 2.61. The van der Waals surface area contributed by atoms with E-state index in [0.717, 1.165) is 29.0 Å². The number of aryl methyl sites for hydroxylation is 1. The van der Waals surface area contributed by atoms with E-state index in [1.54, 1.807) is 0 Å². The van der Waals surface area contributed by atoms with Crippen LogP contribution in [-0.2, 0) is 9.59 Å². The number of aromatic nitrogens is 1. The lowest BCUT2D eigenvalue weighted by atomic mass is 9.79. The van der Waals surface area contributed by atoms with Crippen molar-refractivity contribution in [2.45, 2.75) is 32.6 Å². The summed E-state index contributed by atoms with van der Waals surface area (Å²) >= 11 is 1.41. The average molecular weight is 343 g/mol. The second-order valence-corrected chi connectivity index (χ2v) is 7.30. The largest absolute Gasteiger partial charge is 0.550 e. The van der Waals surface area contributed by atoms with E-state index in [-0.39, 0.29) is 5.91 Å². The van der Waals surface area contributed by atoms with Crippen molar-refractivity contribution < 1.29 is 14.7 Å². The van der Waals surface area contributed by atoms with Crippen molar-refractivity contribution in [1.82, 2.24) is 4.98 Å². The molecule has 1 aliphatic rings. The molecule has 1 amide bonds. The lowest BCUT2D eigenvalue weighted by molar-refractivity contribution is -0.313. The van der Waals surface area contributed by atoms with E-state index >= 15 is 0 Å². The second-order valence-electron chi connectivity index (χ2n) is 6.10. The third-order valence-electron chi connectivity index (χ3n) is 4.48. The molecule has 1 fully saturated rings. The Bertz CT molecular complexity index is 742. The number of hydrogen-bond donors (Lipinski definition) is 1. The molecule has 6 heteroatoms. The van der Waals surface area contributed by atoms with Gasteiger partial charge in [0.25, 0.3) is 0 Å². The molecular formula is C18H19N2O3S-. The number of nitrogens with zero attached hydrogens (tertiary/aromatic N) is 1. The van der Waals surface area contributed by atoms with E-state index in [9.17, 15) is 14.7 Å². The molecule has 2 atom stereocenters. The number of hydrogen-bond acceptors (Lipinski definition) is 5. The second kappa shape index (κ2) is 7.13. The zero-order chi connectivity index (χ0) is 17.1. The number of carboxylic acids is 1. The molecule has 126 valence electrons. The van der Waals surface area contributed by atoms with Crippen LogP contribution in [0.4, 0.5) is 5.13 Å². The molecule has 24 heavy (non-hydrogen) atoms. The highest BCUT2D eigenvalue weighted by Gasteiger charge is 2.32. The van der Waals surface area contributed by atoms with Gasteiger partial charge < -0.3 is 15.2 Å². The van der Waals surface area contributed by atoms with Crippen molar-refractivity contribution in [2.24, 2.45) is 11.8 Å². The van der Waals surface area contributed by atoms with Gasteiger partial charge in [0.1, 0.15) is 0 Å². The number of carbonyl (C=O) groups excluding carboxylic acids is 2. The first-order valence-corrected chi connectivity index (χ1v) is 8.92. The van der Waals surface area contributed by atoms with Gasteiger partial charge in [0.15, 0.2) is 5.13 Å². The molecule has 0 unspecified atom stereocenters. The van der Waals surface area contributed by atoms with Crippen molar-refractivity contribution in [3.8, 4) is 11.3 Å². The minimum Gasteiger partial charge on any atom is -0.550 e. The molecule has 0 aliphatic heterocycles. The number of nitrogens with one attached hydrogen (secondary N) is 1. The molecule has 5 nitrogen and oxygen atoms in total. The fourth-order valence-electron chi connectivity index (χ4n) is 3.24. The van der Waals surface area contributed by atoms with Crippen LogP contribution >= 0.6 is 11.3 Å². The maximum atomic E-state index is 12.5. The Hall–Kier alpha value is -2.21. The van der Waals surface area contributed by atoms with Crippen LogP contribution in [-0.4, -0.2) is 16.9 Å². The normalized spacial score (nSPS) is 20.5. The smallest absolute Gasteiger partial charge is 0.229 e. The Morgan fingerprint density at radius 3 is 2.50 bits per heavy atom. The van der Waals surface area contributed by atoms with Gasteiger partial charge in [0.05, 0.1) is 5.69 Å². The molecule has 1 saturated carbocycles. The summed E-state index contributed by atoms with van der Waals surface area (Å²) in [7, 11) is 0. The van der Waals surface area contributed by atoms with Gasteiger partial charge >= 0.3 is 0 Å². The number of anilines is 1. The van der Waals surface area contributed by atoms with E-state index in [2.05, 4.69) is 10.3 Å². The van der Waals surface area contributed by atoms with Crippen molar-refractivity contribution in [2.75, 3.05) is 5.32 Å². The summed E-state index contributed by atoms with van der Waals surface area (Å²) in [5, 5.41) is 14.6. The van der Waals surface area contributed by atoms with Crippen LogP contribution < -0.4 is 10.4 Å². The first-order chi connectivity index (χ1) is 11.6. The number of amides is 1. The van der Waals surface area contributed by atoms with Crippen LogP contribution in [0.1, 0.15) is 30.6 Å². The quantitative estimate of drug-likeness (QED) is 0.925. The predicted molar refractivity (Wildman–Crippen MR) is 91.4 cm³/mol. The van der Waals surface area contributed by atoms with Gasteiger partial charge in [-0.3, -0.25) is 4.79 Å². The third kappa shape index (κ3) is 3.48. The Morgan fingerprint density at radius 2 is 1.83 bits per heavy atom. The topological polar surface area (TPSA) is 82.1 Å². The van der Waals surface area contributed by atoms with E-state index in [1.165, 1.54) is 11.3 Å². The standard InChI is InChI=1S/C18H20N2O3S/c1-11-15(12-7-3-2-4-8-12)19-18(24-11)20-16(21)13-9-5-6-10-14(13)17(22)23/h2-4,7-8,13-14H,5-6,9-10H2,1H3,(H,22,23)(H,19,20,21)/p-1/t13-,14-/m1/s1. The summed E-state index contributed by atoms with van der Waals surface area (Å²) in [6.45, 7) is 1.96. The number of carbonyl (C=O) groups is 2. The number of thiazole rings is 1. The van der Waals surface area contributed by atoms with E-state index in [1.807, 2.05) is 37.3 Å². The summed E-state index contributed by atoms with van der Waals surface area (Å²) in [6.07, 6.45) is 2.79. The van der Waals surface area contributed by atoms with E-state index < -0.39 is 17.8 Å². The molecule has 1 heterocycles. The lowest BCUT2D eigenvalue weighted by Gasteiger charge is -2.30. The SMILES string of the molecule is Cc1sc(NC(=O)[C@@H]2CCCC[C@H]2C(=O)[O-])nc1-c1ccccc1. The Morgan fingerprint density at radius 1 is 1.17 bits per heavy atom. The monoisotopic (exact) mass is 343 g/mol. The molecule has 2 aromatic rings. The molecule has 1 N–H and O–H groups in total. The minimum atomic E-state index is -1.13. The van der Waals surface area contributed by atoms with E-state index in [4.69, 9.17) is 0 Å². The Kier molecular flexibility index (Phi) is 4.94. The fraction of sp³-hybridized carbons (Fsp3) is 0.389. The first-order valence-electron chi connectivity index (χ1n) is 8.11. The number of aliphatic carboxylic acids is 1. The maximum absolute atomic E-state index is 12.5. The third-order valence-corrected chi connectivity index (χ3v) is 5.37. The van der Waals surface area contributed by atoms with Gasteiger partial charge in [-0.05, 0) is 19.8 Å². The maximum Gasteiger partial charge on any atom is 0.229 e. The summed E-state index contributed by atoms with van der Waals surface area (Å²) in [4.78, 5) is 29.3. The lowest BCUT2D eigenvalue weighted by Crippen LogP contribution is -2.42. The number of carboxylic acid groups (broad SMARTS) is 1. The Balaban J connectivity index is 1.76. The van der Waals surface area contributed by atoms with Crippen LogP contribution in [0.3, 0.4) is 0 Å². The van der Waals surface area contributed by atoms with Crippen molar-refractivity contribution in [3.05, 3.63) is 35.2 Å². The molecular weight excluding hydrogens is 324 g/mol. The zero-order valence-corrected chi connectivity index (χ0v) is 14.3. The van der Waals surface area contributed by atoms with Crippen LogP contribution in [0.25, 0.3) is 11.3 Å². The molecule has 1 aromatic heterocycles. The van der Waals surface area contributed by atoms with Crippen molar-refractivity contribution in [1.29, 1.82) is 0 Å². The number of rotatable bonds is 4. The van der Waals surface area contributed by atoms with Gasteiger partial charge in [-0.1, -0.05) is 43.2 Å². The van der Waals surface area contributed by atoms with Crippen molar-refractivity contribution >= 4 is 28.3 Å². The highest BCUT2D eigenvalue weighted by Crippen LogP contribution is 2.33. The highest BCUT2D eigenvalue weighted by atomic mass is 32.1. The summed E-state index contributed by atoms with van der Waals surface area (Å²) in [5.41, 5.74) is 1.84. The van der Waals surface area contributed by atoms with Crippen molar-refractivity contribution in [3.63, 3.8) is 0 Å². The first kappa shape index (κ1) is 16.6. The van der Waals surface area contributed by atoms with Crippen LogP contribution in [0.15, 0.2) is 30.3 Å². The molecule has 0 radical (unpaired) electrons. The minimum absolute atomic E-state index is 0.266. The zero-order valence-electron chi connectivity index (χ0n) is 13.5. The van der Waals surface area contributed by atoms with Gasteiger partial charge in [0, 0.05) is 28.2 Å². The summed E-state index contributed by atoms with van der Waals surface area (Å²) < 4.78 is 0. The van der Waals surface area contributed by atoms with Gasteiger partial charge in [-0.25, -0.2) is 4.98 Å². The van der Waals surface area contributed by atoms with Crippen LogP contribution in [0, 0.1) is 18.8 Å². The Labute approximate surface area is 144 Å². The summed E-state index contributed by atoms with van der Waals surface area (Å²) in [6, 6.07) is 9.77. The summed E-state index contributed by atoms with van der Waals surface area (Å²) in [5.74, 6) is -2.63. The molecule has 0 bridgehead atoms. The van der Waals surface area contributed by atoms with Gasteiger partial charge in [-0.15, -0.1) is 11.3 Å². The van der Waals surface area contributed by atoms with E-state index in [0.29, 0.717) is 18.0 Å². The van der Waals surface area contributed by atoms with Crippen LogP contribution in [0.5, 0.6) is 0 Å². The number of benzene rings is 1. The average Bonchev–Trinajstić information content (AvgIpc) is 2.96. The molecule has 0 saturated heterocycles. The fourth-order valence-corrected chi connectivity index (χ4v) is 4.08. The molecule has 1 aromatic carbocycles. The highest BCUT2D eigenvalue weighted by molar-refractivity contribution is 7.16. The molecule has 0 spiro atoms. The van der Waals surface area contributed by atoms with Gasteiger partial charge in [-0.2, -0.15) is 0 Å². The molecule has 1 aliphatic carbocycles. The molecule has 3 rings (SSSR count). The van der Waals surface area contributed by atoms with Crippen LogP contribution in [0.2, 0.25) is 0 Å². The van der Waals surface area contributed by atoms with Gasteiger partial charge in [0.2, 0.25) is 5.91 Å².